The summed E-state index contributed by atoms with van der Waals surface area (Å²) < 4.78 is 22.9. The van der Waals surface area contributed by atoms with Crippen molar-refractivity contribution in [1.82, 2.24) is 10.6 Å². The van der Waals surface area contributed by atoms with Crippen LogP contribution >= 0.6 is 24.0 Å². The first-order valence-electron chi connectivity index (χ1n) is 10.7. The molecule has 1 aromatic rings. The Labute approximate surface area is 197 Å². The predicted octanol–water partition coefficient (Wildman–Crippen LogP) is 3.03. The van der Waals surface area contributed by atoms with E-state index in [0.29, 0.717) is 19.3 Å². The molecule has 2 saturated heterocycles. The molecule has 0 saturated carbocycles. The van der Waals surface area contributed by atoms with Crippen LogP contribution in [0.5, 0.6) is 5.75 Å². The van der Waals surface area contributed by atoms with Crippen LogP contribution in [0.4, 0.5) is 0 Å². The van der Waals surface area contributed by atoms with E-state index < -0.39 is 0 Å². The minimum Gasteiger partial charge on any atom is -0.488 e. The quantitative estimate of drug-likeness (QED) is 0.220. The van der Waals surface area contributed by atoms with Gasteiger partial charge in [-0.15, -0.1) is 24.0 Å². The molecule has 0 radical (unpaired) electrons. The van der Waals surface area contributed by atoms with Crippen molar-refractivity contribution >= 4 is 29.9 Å². The molecule has 0 bridgehead atoms. The van der Waals surface area contributed by atoms with Crippen molar-refractivity contribution in [3.63, 3.8) is 0 Å². The Hall–Kier alpha value is -1.10. The first-order valence-corrected chi connectivity index (χ1v) is 10.7. The number of aryl methyl sites for hydroxylation is 1. The molecule has 8 heteroatoms. The third kappa shape index (κ3) is 8.56. The lowest BCUT2D eigenvalue weighted by Crippen LogP contribution is -2.38. The molecular formula is C22H36IN3O4. The lowest BCUT2D eigenvalue weighted by atomic mass is 10.1. The molecule has 2 heterocycles. The number of hydrogen-bond donors (Lipinski definition) is 2. The van der Waals surface area contributed by atoms with Gasteiger partial charge in [-0.25, -0.2) is 0 Å². The standard InChI is InChI=1S/C22H35N3O4.HI/c1-17-4-5-18(21(14-17)29-20-8-13-27-16-20)15-25-22(23-2)24-9-3-10-28-19-6-11-26-12-7-19;/h4-5,14,19-20H,3,6-13,15-16H2,1-2H3,(H2,23,24,25);1H. The second-order valence-electron chi connectivity index (χ2n) is 7.60. The van der Waals surface area contributed by atoms with Gasteiger partial charge >= 0.3 is 0 Å². The minimum absolute atomic E-state index is 0. The Balaban J connectivity index is 0.00000320. The molecule has 2 N–H and O–H groups in total. The fraction of sp³-hybridized carbons (Fsp3) is 0.682. The number of halogens is 1. The zero-order valence-electron chi connectivity index (χ0n) is 18.2. The number of benzene rings is 1. The van der Waals surface area contributed by atoms with Crippen molar-refractivity contribution in [2.75, 3.05) is 46.6 Å². The van der Waals surface area contributed by atoms with Gasteiger partial charge in [-0.2, -0.15) is 0 Å². The Morgan fingerprint density at radius 3 is 2.60 bits per heavy atom. The molecule has 0 amide bonds. The second-order valence-corrected chi connectivity index (χ2v) is 7.60. The fourth-order valence-electron chi connectivity index (χ4n) is 3.47. The van der Waals surface area contributed by atoms with Crippen molar-refractivity contribution < 1.29 is 18.9 Å². The van der Waals surface area contributed by atoms with Crippen molar-refractivity contribution in [3.8, 4) is 5.75 Å². The molecule has 1 aromatic carbocycles. The number of hydrogen-bond acceptors (Lipinski definition) is 5. The normalized spacial score (nSPS) is 19.9. The monoisotopic (exact) mass is 533 g/mol. The van der Waals surface area contributed by atoms with Gasteiger partial charge in [0.25, 0.3) is 0 Å². The van der Waals surface area contributed by atoms with Crippen LogP contribution in [0.25, 0.3) is 0 Å². The third-order valence-corrected chi connectivity index (χ3v) is 5.21. The summed E-state index contributed by atoms with van der Waals surface area (Å²) in [5, 5.41) is 6.74. The number of nitrogens with zero attached hydrogens (tertiary/aromatic N) is 1. The number of aliphatic imine (C=N–C) groups is 1. The molecule has 0 aliphatic carbocycles. The summed E-state index contributed by atoms with van der Waals surface area (Å²) in [6, 6.07) is 6.32. The van der Waals surface area contributed by atoms with Crippen LogP contribution in [-0.2, 0) is 20.8 Å². The fourth-order valence-corrected chi connectivity index (χ4v) is 3.47. The summed E-state index contributed by atoms with van der Waals surface area (Å²) in [7, 11) is 1.79. The Morgan fingerprint density at radius 1 is 1.10 bits per heavy atom. The zero-order chi connectivity index (χ0) is 20.3. The third-order valence-electron chi connectivity index (χ3n) is 5.21. The van der Waals surface area contributed by atoms with Gasteiger partial charge < -0.3 is 29.6 Å². The van der Waals surface area contributed by atoms with Gasteiger partial charge in [0.15, 0.2) is 5.96 Å². The summed E-state index contributed by atoms with van der Waals surface area (Å²) in [4.78, 5) is 4.32. The van der Waals surface area contributed by atoms with E-state index in [9.17, 15) is 0 Å². The van der Waals surface area contributed by atoms with Crippen molar-refractivity contribution in [2.24, 2.45) is 4.99 Å². The van der Waals surface area contributed by atoms with E-state index in [-0.39, 0.29) is 30.1 Å². The first-order chi connectivity index (χ1) is 14.2. The van der Waals surface area contributed by atoms with Crippen LogP contribution in [0, 0.1) is 6.92 Å². The molecule has 30 heavy (non-hydrogen) atoms. The maximum Gasteiger partial charge on any atom is 0.191 e. The molecule has 2 fully saturated rings. The molecule has 0 spiro atoms. The smallest absolute Gasteiger partial charge is 0.191 e. The first kappa shape index (κ1) is 25.2. The summed E-state index contributed by atoms with van der Waals surface area (Å²) in [5.74, 6) is 1.71. The van der Waals surface area contributed by atoms with Crippen LogP contribution in [-0.4, -0.2) is 64.8 Å². The highest BCUT2D eigenvalue weighted by Crippen LogP contribution is 2.23. The van der Waals surface area contributed by atoms with Crippen LogP contribution < -0.4 is 15.4 Å². The summed E-state index contributed by atoms with van der Waals surface area (Å²) in [6.45, 7) is 7.39. The topological polar surface area (TPSA) is 73.3 Å². The zero-order valence-corrected chi connectivity index (χ0v) is 20.5. The highest BCUT2D eigenvalue weighted by atomic mass is 127. The van der Waals surface area contributed by atoms with Gasteiger partial charge in [-0.05, 0) is 37.8 Å². The highest BCUT2D eigenvalue weighted by Gasteiger charge is 2.19. The molecule has 1 unspecified atom stereocenters. The van der Waals surface area contributed by atoms with Crippen molar-refractivity contribution in [3.05, 3.63) is 29.3 Å². The molecule has 2 aliphatic heterocycles. The van der Waals surface area contributed by atoms with Gasteiger partial charge in [0.2, 0.25) is 0 Å². The molecule has 1 atom stereocenters. The van der Waals surface area contributed by atoms with Gasteiger partial charge in [0, 0.05) is 51.9 Å². The van der Waals surface area contributed by atoms with Crippen LogP contribution in [0.2, 0.25) is 0 Å². The molecule has 170 valence electrons. The number of rotatable bonds is 9. The van der Waals surface area contributed by atoms with E-state index in [1.807, 2.05) is 0 Å². The van der Waals surface area contributed by atoms with Crippen LogP contribution in [0.1, 0.15) is 36.8 Å². The lowest BCUT2D eigenvalue weighted by molar-refractivity contribution is -0.0320. The van der Waals surface area contributed by atoms with E-state index in [2.05, 4.69) is 40.7 Å². The van der Waals surface area contributed by atoms with E-state index in [1.165, 1.54) is 5.56 Å². The SMILES string of the molecule is CN=C(NCCCOC1CCOCC1)NCc1ccc(C)cc1OC1CCOC1.I. The number of guanidine groups is 1. The van der Waals surface area contributed by atoms with E-state index >= 15 is 0 Å². The number of nitrogens with one attached hydrogen (secondary N) is 2. The maximum absolute atomic E-state index is 6.17. The minimum atomic E-state index is 0. The summed E-state index contributed by atoms with van der Waals surface area (Å²) in [5.41, 5.74) is 2.31. The molecular weight excluding hydrogens is 497 g/mol. The van der Waals surface area contributed by atoms with Gasteiger partial charge in [0.05, 0.1) is 19.3 Å². The van der Waals surface area contributed by atoms with Crippen LogP contribution in [0.3, 0.4) is 0 Å². The maximum atomic E-state index is 6.17. The van der Waals surface area contributed by atoms with Crippen LogP contribution in [0.15, 0.2) is 23.2 Å². The van der Waals surface area contributed by atoms with Gasteiger partial charge in [-0.1, -0.05) is 12.1 Å². The lowest BCUT2D eigenvalue weighted by Gasteiger charge is -2.22. The Bertz CT molecular complexity index is 647. The van der Waals surface area contributed by atoms with Gasteiger partial charge in [-0.3, -0.25) is 4.99 Å². The van der Waals surface area contributed by atoms with Crippen molar-refractivity contribution in [1.29, 1.82) is 0 Å². The summed E-state index contributed by atoms with van der Waals surface area (Å²) in [6.07, 6.45) is 4.39. The molecule has 7 nitrogen and oxygen atoms in total. The van der Waals surface area contributed by atoms with E-state index in [4.69, 9.17) is 18.9 Å². The largest absolute Gasteiger partial charge is 0.488 e. The Kier molecular flexibility index (Phi) is 11.8. The second kappa shape index (κ2) is 14.1. The number of ether oxygens (including phenoxy) is 4. The van der Waals surface area contributed by atoms with Crippen molar-refractivity contribution in [2.45, 2.75) is 51.4 Å². The van der Waals surface area contributed by atoms with E-state index in [0.717, 1.165) is 75.9 Å². The molecule has 2 aliphatic rings. The average Bonchev–Trinajstić information content (AvgIpc) is 3.25. The highest BCUT2D eigenvalue weighted by molar-refractivity contribution is 14.0. The van der Waals surface area contributed by atoms with E-state index in [1.54, 1.807) is 7.05 Å². The van der Waals surface area contributed by atoms with Gasteiger partial charge in [0.1, 0.15) is 11.9 Å². The Morgan fingerprint density at radius 2 is 1.87 bits per heavy atom. The molecule has 0 aromatic heterocycles. The molecule has 3 rings (SSSR count). The summed E-state index contributed by atoms with van der Waals surface area (Å²) >= 11 is 0. The predicted molar refractivity (Wildman–Crippen MR) is 129 cm³/mol. The average molecular weight is 533 g/mol.